The van der Waals surface area contributed by atoms with Gasteiger partial charge in [-0.05, 0) is 48.0 Å². The lowest BCUT2D eigenvalue weighted by Gasteiger charge is -2.08. The molecule has 0 N–H and O–H groups in total. The SMILES string of the molecule is CC(=COCC(C)C)c1ccc(C(C)=COCC(C)C)cc1. The highest BCUT2D eigenvalue weighted by atomic mass is 16.5. The van der Waals surface area contributed by atoms with Crippen LogP contribution in [0.25, 0.3) is 11.1 Å². The van der Waals surface area contributed by atoms with Crippen molar-refractivity contribution in [3.63, 3.8) is 0 Å². The molecule has 0 aromatic heterocycles. The van der Waals surface area contributed by atoms with Crippen molar-refractivity contribution in [2.45, 2.75) is 41.5 Å². The van der Waals surface area contributed by atoms with Gasteiger partial charge in [-0.25, -0.2) is 0 Å². The predicted octanol–water partition coefficient (Wildman–Crippen LogP) is 5.75. The van der Waals surface area contributed by atoms with Crippen molar-refractivity contribution in [3.8, 4) is 0 Å². The third kappa shape index (κ3) is 6.84. The van der Waals surface area contributed by atoms with Crippen LogP contribution in [0.4, 0.5) is 0 Å². The molecule has 1 aromatic rings. The van der Waals surface area contributed by atoms with Gasteiger partial charge >= 0.3 is 0 Å². The van der Waals surface area contributed by atoms with Crippen LogP contribution in [0.5, 0.6) is 0 Å². The molecule has 0 saturated carbocycles. The minimum Gasteiger partial charge on any atom is -0.501 e. The van der Waals surface area contributed by atoms with Gasteiger partial charge in [-0.2, -0.15) is 0 Å². The van der Waals surface area contributed by atoms with E-state index in [0.717, 1.165) is 24.4 Å². The zero-order valence-electron chi connectivity index (χ0n) is 14.8. The van der Waals surface area contributed by atoms with E-state index in [-0.39, 0.29) is 0 Å². The summed E-state index contributed by atoms with van der Waals surface area (Å²) in [7, 11) is 0. The Kier molecular flexibility index (Phi) is 7.79. The topological polar surface area (TPSA) is 18.5 Å². The maximum absolute atomic E-state index is 5.57. The second kappa shape index (κ2) is 9.34. The van der Waals surface area contributed by atoms with E-state index >= 15 is 0 Å². The maximum atomic E-state index is 5.57. The van der Waals surface area contributed by atoms with Gasteiger partial charge < -0.3 is 9.47 Å². The number of hydrogen-bond acceptors (Lipinski definition) is 2. The van der Waals surface area contributed by atoms with E-state index in [4.69, 9.17) is 9.47 Å². The first-order valence-electron chi connectivity index (χ1n) is 8.07. The first kappa shape index (κ1) is 18.3. The summed E-state index contributed by atoms with van der Waals surface area (Å²) in [5, 5.41) is 0. The number of allylic oxidation sites excluding steroid dienone is 2. The van der Waals surface area contributed by atoms with Crippen LogP contribution < -0.4 is 0 Å². The first-order valence-corrected chi connectivity index (χ1v) is 8.07. The van der Waals surface area contributed by atoms with Gasteiger partial charge in [-0.1, -0.05) is 52.0 Å². The van der Waals surface area contributed by atoms with Gasteiger partial charge in [-0.15, -0.1) is 0 Å². The molecule has 0 radical (unpaired) electrons. The molecule has 1 aromatic carbocycles. The zero-order chi connectivity index (χ0) is 16.5. The highest BCUT2D eigenvalue weighted by Crippen LogP contribution is 2.19. The molecule has 2 nitrogen and oxygen atoms in total. The van der Waals surface area contributed by atoms with E-state index in [1.165, 1.54) is 11.1 Å². The highest BCUT2D eigenvalue weighted by molar-refractivity contribution is 5.68. The van der Waals surface area contributed by atoms with Crippen molar-refractivity contribution in [1.29, 1.82) is 0 Å². The third-order valence-corrected chi connectivity index (χ3v) is 3.17. The van der Waals surface area contributed by atoms with E-state index in [1.54, 1.807) is 0 Å². The van der Waals surface area contributed by atoms with E-state index in [0.29, 0.717) is 11.8 Å². The molecule has 0 fully saturated rings. The Bertz CT molecular complexity index is 446. The van der Waals surface area contributed by atoms with Crippen molar-refractivity contribution in [1.82, 2.24) is 0 Å². The highest BCUT2D eigenvalue weighted by Gasteiger charge is 2.00. The molecule has 0 spiro atoms. The average molecular weight is 302 g/mol. The van der Waals surface area contributed by atoms with Crippen LogP contribution >= 0.6 is 0 Å². The van der Waals surface area contributed by atoms with Gasteiger partial charge in [-0.3, -0.25) is 0 Å². The second-order valence-electron chi connectivity index (χ2n) is 6.63. The van der Waals surface area contributed by atoms with E-state index in [1.807, 2.05) is 12.5 Å². The molecule has 0 bridgehead atoms. The Morgan fingerprint density at radius 3 is 1.36 bits per heavy atom. The van der Waals surface area contributed by atoms with Gasteiger partial charge in [0, 0.05) is 0 Å². The van der Waals surface area contributed by atoms with Crippen molar-refractivity contribution in [2.75, 3.05) is 13.2 Å². The largest absolute Gasteiger partial charge is 0.501 e. The van der Waals surface area contributed by atoms with Crippen molar-refractivity contribution < 1.29 is 9.47 Å². The van der Waals surface area contributed by atoms with Gasteiger partial charge in [0.05, 0.1) is 25.7 Å². The molecular weight excluding hydrogens is 272 g/mol. The summed E-state index contributed by atoms with van der Waals surface area (Å²) in [6.45, 7) is 14.2. The summed E-state index contributed by atoms with van der Waals surface area (Å²) >= 11 is 0. The van der Waals surface area contributed by atoms with Crippen LogP contribution in [0.3, 0.4) is 0 Å². The lowest BCUT2D eigenvalue weighted by atomic mass is 10.0. The standard InChI is InChI=1S/C20H30O2/c1-15(2)11-21-13-17(5)19-7-9-20(10-8-19)18(6)14-22-12-16(3)4/h7-10,13-16H,11-12H2,1-6H3. The van der Waals surface area contributed by atoms with Gasteiger partial charge in [0.1, 0.15) is 0 Å². The molecule has 1 rings (SSSR count). The first-order chi connectivity index (χ1) is 10.4. The van der Waals surface area contributed by atoms with Crippen LogP contribution in [0.2, 0.25) is 0 Å². The summed E-state index contributed by atoms with van der Waals surface area (Å²) in [4.78, 5) is 0. The summed E-state index contributed by atoms with van der Waals surface area (Å²) in [6, 6.07) is 8.50. The van der Waals surface area contributed by atoms with Gasteiger partial charge in [0.25, 0.3) is 0 Å². The van der Waals surface area contributed by atoms with Crippen LogP contribution in [0, 0.1) is 11.8 Å². The molecule has 0 aliphatic carbocycles. The molecular formula is C20H30O2. The van der Waals surface area contributed by atoms with Crippen LogP contribution in [0.15, 0.2) is 36.8 Å². The fourth-order valence-corrected chi connectivity index (χ4v) is 1.86. The monoisotopic (exact) mass is 302 g/mol. The number of rotatable bonds is 8. The van der Waals surface area contributed by atoms with E-state index < -0.39 is 0 Å². The summed E-state index contributed by atoms with van der Waals surface area (Å²) in [5.74, 6) is 1.09. The van der Waals surface area contributed by atoms with Crippen molar-refractivity contribution >= 4 is 11.1 Å². The Morgan fingerprint density at radius 1 is 0.773 bits per heavy atom. The second-order valence-corrected chi connectivity index (χ2v) is 6.63. The van der Waals surface area contributed by atoms with Crippen LogP contribution in [-0.2, 0) is 9.47 Å². The fourth-order valence-electron chi connectivity index (χ4n) is 1.86. The molecule has 122 valence electrons. The predicted molar refractivity (Wildman–Crippen MR) is 95.3 cm³/mol. The molecule has 0 amide bonds. The smallest absolute Gasteiger partial charge is 0.0896 e. The molecule has 0 heterocycles. The quantitative estimate of drug-likeness (QED) is 0.569. The van der Waals surface area contributed by atoms with Crippen molar-refractivity contribution in [2.24, 2.45) is 11.8 Å². The Morgan fingerprint density at radius 2 is 1.09 bits per heavy atom. The Labute approximate surface area is 135 Å². The zero-order valence-corrected chi connectivity index (χ0v) is 14.8. The average Bonchev–Trinajstić information content (AvgIpc) is 2.46. The molecule has 0 atom stereocenters. The molecule has 22 heavy (non-hydrogen) atoms. The number of ether oxygens (including phenoxy) is 2. The maximum Gasteiger partial charge on any atom is 0.0896 e. The molecule has 0 saturated heterocycles. The van der Waals surface area contributed by atoms with E-state index in [9.17, 15) is 0 Å². The van der Waals surface area contributed by atoms with E-state index in [2.05, 4.69) is 65.8 Å². The minimum atomic E-state index is 0.546. The van der Waals surface area contributed by atoms with Gasteiger partial charge in [0.15, 0.2) is 0 Å². The van der Waals surface area contributed by atoms with Crippen LogP contribution in [-0.4, -0.2) is 13.2 Å². The third-order valence-electron chi connectivity index (χ3n) is 3.17. The fraction of sp³-hybridized carbons (Fsp3) is 0.500. The summed E-state index contributed by atoms with van der Waals surface area (Å²) in [6.07, 6.45) is 3.70. The number of hydrogen-bond donors (Lipinski definition) is 0. The minimum absolute atomic E-state index is 0.546. The lowest BCUT2D eigenvalue weighted by Crippen LogP contribution is -1.97. The summed E-state index contributed by atoms with van der Waals surface area (Å²) in [5.41, 5.74) is 4.65. The Hall–Kier alpha value is -1.70. The molecule has 0 aliphatic rings. The normalized spacial score (nSPS) is 12.9. The number of benzene rings is 1. The van der Waals surface area contributed by atoms with Crippen molar-refractivity contribution in [3.05, 3.63) is 47.9 Å². The molecule has 2 heteroatoms. The molecule has 0 unspecified atom stereocenters. The van der Waals surface area contributed by atoms with Crippen LogP contribution in [0.1, 0.15) is 52.7 Å². The molecule has 0 aliphatic heterocycles. The Balaban J connectivity index is 2.65. The summed E-state index contributed by atoms with van der Waals surface area (Å²) < 4.78 is 11.1. The van der Waals surface area contributed by atoms with Gasteiger partial charge in [0.2, 0.25) is 0 Å². The lowest BCUT2D eigenvalue weighted by molar-refractivity contribution is 0.212.